The van der Waals surface area contributed by atoms with E-state index >= 15 is 0 Å². The smallest absolute Gasteiger partial charge is 0.379 e. The number of anilines is 2. The van der Waals surface area contributed by atoms with Crippen molar-refractivity contribution < 1.29 is 31.1 Å². The molecule has 0 spiro atoms. The van der Waals surface area contributed by atoms with Crippen molar-refractivity contribution in [3.63, 3.8) is 0 Å². The molecular weight excluding hydrogens is 449 g/mol. The predicted molar refractivity (Wildman–Crippen MR) is 113 cm³/mol. The molecular formula is C20H23F3N4O4S. The van der Waals surface area contributed by atoms with Crippen molar-refractivity contribution in [2.24, 2.45) is 0 Å². The zero-order chi connectivity index (χ0) is 23.2. The lowest BCUT2D eigenvalue weighted by molar-refractivity contribution is -0.137. The van der Waals surface area contributed by atoms with Crippen LogP contribution in [0.2, 0.25) is 0 Å². The molecule has 3 N–H and O–H groups in total. The fourth-order valence-electron chi connectivity index (χ4n) is 3.02. The van der Waals surface area contributed by atoms with Gasteiger partial charge in [-0.2, -0.15) is 13.2 Å². The first kappa shape index (κ1) is 24.0. The summed E-state index contributed by atoms with van der Waals surface area (Å²) in [4.78, 5) is 14.2. The summed E-state index contributed by atoms with van der Waals surface area (Å²) in [5.41, 5.74) is -0.461. The topological polar surface area (TPSA) is 99.8 Å². The number of nitrogens with one attached hydrogen (secondary N) is 3. The summed E-state index contributed by atoms with van der Waals surface area (Å²) < 4.78 is 70.7. The first-order valence-corrected chi connectivity index (χ1v) is 11.3. The molecule has 0 aliphatic carbocycles. The molecule has 1 aliphatic rings. The number of benzene rings is 2. The summed E-state index contributed by atoms with van der Waals surface area (Å²) in [6.07, 6.45) is -4.47. The molecule has 0 saturated carbocycles. The molecule has 3 rings (SSSR count). The molecule has 1 heterocycles. The number of carbonyl (C=O) groups excluding carboxylic acids is 1. The van der Waals surface area contributed by atoms with E-state index in [1.165, 1.54) is 24.3 Å². The molecule has 2 aromatic carbocycles. The summed E-state index contributed by atoms with van der Waals surface area (Å²) in [6, 6.07) is 8.91. The van der Waals surface area contributed by atoms with Crippen LogP contribution in [0, 0.1) is 0 Å². The van der Waals surface area contributed by atoms with Gasteiger partial charge < -0.3 is 15.4 Å². The van der Waals surface area contributed by atoms with Crippen LogP contribution in [0.15, 0.2) is 53.4 Å². The van der Waals surface area contributed by atoms with Gasteiger partial charge >= 0.3 is 12.2 Å². The second-order valence-electron chi connectivity index (χ2n) is 7.03. The maximum atomic E-state index is 12.6. The normalized spacial score (nSPS) is 15.3. The number of halogens is 3. The molecule has 0 atom stereocenters. The van der Waals surface area contributed by atoms with Gasteiger partial charge in [-0.15, -0.1) is 0 Å². The second kappa shape index (κ2) is 10.3. The third kappa shape index (κ3) is 6.92. The van der Waals surface area contributed by atoms with E-state index in [2.05, 4.69) is 20.3 Å². The quantitative estimate of drug-likeness (QED) is 0.576. The van der Waals surface area contributed by atoms with Crippen LogP contribution in [-0.2, 0) is 20.9 Å². The van der Waals surface area contributed by atoms with Gasteiger partial charge in [0.05, 0.1) is 23.7 Å². The summed E-state index contributed by atoms with van der Waals surface area (Å²) in [6.45, 7) is 3.51. The lowest BCUT2D eigenvalue weighted by atomic mass is 10.2. The minimum Gasteiger partial charge on any atom is -0.379 e. The van der Waals surface area contributed by atoms with Gasteiger partial charge in [0.25, 0.3) is 0 Å². The van der Waals surface area contributed by atoms with Crippen molar-refractivity contribution in [1.82, 2.24) is 9.62 Å². The Morgan fingerprint density at radius 2 is 1.66 bits per heavy atom. The summed E-state index contributed by atoms with van der Waals surface area (Å²) in [7, 11) is -3.78. The number of hydrogen-bond acceptors (Lipinski definition) is 5. The Bertz CT molecular complexity index is 1020. The van der Waals surface area contributed by atoms with Gasteiger partial charge in [-0.3, -0.25) is 4.90 Å². The maximum Gasteiger partial charge on any atom is 0.416 e. The van der Waals surface area contributed by atoms with Crippen molar-refractivity contribution in [3.05, 3.63) is 54.1 Å². The highest BCUT2D eigenvalue weighted by molar-refractivity contribution is 7.89. The molecule has 12 heteroatoms. The van der Waals surface area contributed by atoms with E-state index in [0.717, 1.165) is 37.4 Å². The Hall–Kier alpha value is -2.67. The molecule has 8 nitrogen and oxygen atoms in total. The number of nitrogens with zero attached hydrogens (tertiary/aromatic N) is 1. The molecule has 0 aromatic heterocycles. The zero-order valence-corrected chi connectivity index (χ0v) is 17.8. The van der Waals surface area contributed by atoms with Gasteiger partial charge in [-0.1, -0.05) is 6.07 Å². The van der Waals surface area contributed by atoms with Gasteiger partial charge in [0.15, 0.2) is 0 Å². The first-order valence-electron chi connectivity index (χ1n) is 9.78. The minimum atomic E-state index is -4.47. The van der Waals surface area contributed by atoms with E-state index in [0.29, 0.717) is 19.8 Å². The van der Waals surface area contributed by atoms with Crippen LogP contribution < -0.4 is 15.4 Å². The Morgan fingerprint density at radius 3 is 2.31 bits per heavy atom. The van der Waals surface area contributed by atoms with E-state index in [9.17, 15) is 26.4 Å². The third-order valence-electron chi connectivity index (χ3n) is 4.70. The van der Waals surface area contributed by atoms with Crippen LogP contribution in [-0.4, -0.2) is 58.7 Å². The van der Waals surface area contributed by atoms with Crippen LogP contribution in [0.3, 0.4) is 0 Å². The highest BCUT2D eigenvalue weighted by atomic mass is 32.2. The Morgan fingerprint density at radius 1 is 1.00 bits per heavy atom. The minimum absolute atomic E-state index is 0.0215. The maximum absolute atomic E-state index is 12.6. The Balaban J connectivity index is 1.55. The predicted octanol–water partition coefficient (Wildman–Crippen LogP) is 2.96. The average Bonchev–Trinajstić information content (AvgIpc) is 2.74. The van der Waals surface area contributed by atoms with Crippen molar-refractivity contribution in [3.8, 4) is 0 Å². The fraction of sp³-hybridized carbons (Fsp3) is 0.350. The summed E-state index contributed by atoms with van der Waals surface area (Å²) >= 11 is 0. The molecule has 2 amide bonds. The van der Waals surface area contributed by atoms with E-state index < -0.39 is 27.8 Å². The number of morpholine rings is 1. The SMILES string of the molecule is O=C(Nc1ccc(C(F)(F)F)cc1)Nc1cccc(S(=O)(=O)NCCN2CCOCC2)c1. The van der Waals surface area contributed by atoms with Gasteiger partial charge in [0.1, 0.15) is 0 Å². The Kier molecular flexibility index (Phi) is 7.72. The van der Waals surface area contributed by atoms with Crippen molar-refractivity contribution in [2.75, 3.05) is 50.0 Å². The zero-order valence-electron chi connectivity index (χ0n) is 17.0. The van der Waals surface area contributed by atoms with E-state index in [1.54, 1.807) is 0 Å². The van der Waals surface area contributed by atoms with Crippen LogP contribution in [0.25, 0.3) is 0 Å². The van der Waals surface area contributed by atoms with Gasteiger partial charge in [-0.25, -0.2) is 17.9 Å². The van der Waals surface area contributed by atoms with Crippen LogP contribution >= 0.6 is 0 Å². The number of urea groups is 1. The van der Waals surface area contributed by atoms with Crippen molar-refractivity contribution in [1.29, 1.82) is 0 Å². The van der Waals surface area contributed by atoms with Crippen molar-refractivity contribution >= 4 is 27.4 Å². The molecule has 0 radical (unpaired) electrons. The lowest BCUT2D eigenvalue weighted by Crippen LogP contribution is -2.41. The number of carbonyl (C=O) groups is 1. The molecule has 0 bridgehead atoms. The number of ether oxygens (including phenoxy) is 1. The number of hydrogen-bond donors (Lipinski definition) is 3. The number of amides is 2. The summed E-state index contributed by atoms with van der Waals surface area (Å²) in [5.74, 6) is 0. The number of alkyl halides is 3. The number of sulfonamides is 1. The van der Waals surface area contributed by atoms with E-state index in [-0.39, 0.29) is 22.8 Å². The molecule has 1 fully saturated rings. The second-order valence-corrected chi connectivity index (χ2v) is 8.80. The molecule has 1 aliphatic heterocycles. The standard InChI is InChI=1S/C20H23F3N4O4S/c21-20(22,23)15-4-6-16(7-5-15)25-19(28)26-17-2-1-3-18(14-17)32(29,30)24-8-9-27-10-12-31-13-11-27/h1-7,14,24H,8-13H2,(H2,25,26,28). The fourth-order valence-corrected chi connectivity index (χ4v) is 4.09. The van der Waals surface area contributed by atoms with Gasteiger partial charge in [0, 0.05) is 37.6 Å². The number of rotatable bonds is 7. The lowest BCUT2D eigenvalue weighted by Gasteiger charge is -2.26. The average molecular weight is 472 g/mol. The van der Waals surface area contributed by atoms with Crippen molar-refractivity contribution in [2.45, 2.75) is 11.1 Å². The highest BCUT2D eigenvalue weighted by Crippen LogP contribution is 2.29. The highest BCUT2D eigenvalue weighted by Gasteiger charge is 2.30. The van der Waals surface area contributed by atoms with Gasteiger partial charge in [-0.05, 0) is 42.5 Å². The molecule has 32 heavy (non-hydrogen) atoms. The Labute approximate surface area is 183 Å². The summed E-state index contributed by atoms with van der Waals surface area (Å²) in [5, 5.41) is 4.87. The van der Waals surface area contributed by atoms with Gasteiger partial charge in [0.2, 0.25) is 10.0 Å². The van der Waals surface area contributed by atoms with Crippen LogP contribution in [0.4, 0.5) is 29.3 Å². The molecule has 1 saturated heterocycles. The van der Waals surface area contributed by atoms with E-state index in [1.807, 2.05) is 0 Å². The molecule has 174 valence electrons. The first-order chi connectivity index (χ1) is 15.1. The van der Waals surface area contributed by atoms with Crippen LogP contribution in [0.5, 0.6) is 0 Å². The monoisotopic (exact) mass is 472 g/mol. The van der Waals surface area contributed by atoms with Crippen LogP contribution in [0.1, 0.15) is 5.56 Å². The third-order valence-corrected chi connectivity index (χ3v) is 6.15. The molecule has 0 unspecified atom stereocenters. The molecule has 2 aromatic rings. The van der Waals surface area contributed by atoms with E-state index in [4.69, 9.17) is 4.74 Å². The largest absolute Gasteiger partial charge is 0.416 e.